The molecule has 7 nitrogen and oxygen atoms in total. The predicted molar refractivity (Wildman–Crippen MR) is 115 cm³/mol. The number of para-hydroxylation sites is 1. The van der Waals surface area contributed by atoms with Crippen molar-refractivity contribution in [3.05, 3.63) is 29.8 Å². The van der Waals surface area contributed by atoms with Crippen LogP contribution in [-0.4, -0.2) is 56.1 Å². The van der Waals surface area contributed by atoms with Crippen LogP contribution in [0, 0.1) is 11.3 Å². The van der Waals surface area contributed by atoms with E-state index in [1.165, 1.54) is 12.0 Å². The van der Waals surface area contributed by atoms with Crippen LogP contribution in [-0.2, 0) is 19.7 Å². The number of esters is 1. The number of hydrogen-bond donors (Lipinski definition) is 1. The number of methoxy groups -OCH3 is 1. The van der Waals surface area contributed by atoms with Gasteiger partial charge in [-0.05, 0) is 71.2 Å². The van der Waals surface area contributed by atoms with E-state index in [-0.39, 0.29) is 17.9 Å². The number of carbonyl (C=O) groups is 3. The monoisotopic (exact) mass is 415 g/mol. The van der Waals surface area contributed by atoms with E-state index >= 15 is 0 Å². The number of likely N-dealkylation sites (tertiary alicyclic amines) is 1. The summed E-state index contributed by atoms with van der Waals surface area (Å²) in [5, 5.41) is 2.97. The Morgan fingerprint density at radius 1 is 1.20 bits per heavy atom. The zero-order valence-electron chi connectivity index (χ0n) is 18.7. The molecule has 0 atom stereocenters. The number of fused-ring (bicyclic) bond motifs is 1. The number of urea groups is 1. The zero-order chi connectivity index (χ0) is 22.1. The third kappa shape index (κ3) is 4.21. The minimum atomic E-state index is -0.703. The predicted octanol–water partition coefficient (Wildman–Crippen LogP) is 2.93. The van der Waals surface area contributed by atoms with Crippen molar-refractivity contribution in [2.45, 2.75) is 46.0 Å². The third-order valence-electron chi connectivity index (χ3n) is 6.37. The number of nitrogens with one attached hydrogen (secondary N) is 1. The summed E-state index contributed by atoms with van der Waals surface area (Å²) in [5.41, 5.74) is 0.314. The molecule has 2 aliphatic rings. The lowest BCUT2D eigenvalue weighted by molar-refractivity contribution is -0.152. The number of nitrogens with zero attached hydrogens (tertiary/aromatic N) is 2. The Labute approximate surface area is 178 Å². The summed E-state index contributed by atoms with van der Waals surface area (Å²) in [6.45, 7) is 10.5. The molecule has 7 heteroatoms. The number of amides is 3. The van der Waals surface area contributed by atoms with Crippen LogP contribution in [0.4, 0.5) is 10.5 Å². The van der Waals surface area contributed by atoms with E-state index in [2.05, 4.69) is 10.2 Å². The first-order chi connectivity index (χ1) is 14.1. The molecule has 1 fully saturated rings. The fourth-order valence-electron chi connectivity index (χ4n) is 4.46. The van der Waals surface area contributed by atoms with Crippen molar-refractivity contribution in [2.24, 2.45) is 11.3 Å². The van der Waals surface area contributed by atoms with Gasteiger partial charge in [0.25, 0.3) is 0 Å². The fraction of sp³-hybridized carbons (Fsp3) is 0.609. The summed E-state index contributed by atoms with van der Waals surface area (Å²) in [6, 6.07) is 7.12. The molecular formula is C23H33N3O4. The highest BCUT2D eigenvalue weighted by Crippen LogP contribution is 2.41. The largest absolute Gasteiger partial charge is 0.469 e. The van der Waals surface area contributed by atoms with Crippen LogP contribution in [0.2, 0.25) is 0 Å². The van der Waals surface area contributed by atoms with E-state index < -0.39 is 10.8 Å². The Hall–Kier alpha value is -2.41. The number of carbonyl (C=O) groups excluding carboxylic acids is 3. The Balaban J connectivity index is 1.52. The van der Waals surface area contributed by atoms with Gasteiger partial charge in [0.05, 0.1) is 23.6 Å². The topological polar surface area (TPSA) is 79.0 Å². The van der Waals surface area contributed by atoms with Gasteiger partial charge in [-0.3, -0.25) is 9.59 Å². The van der Waals surface area contributed by atoms with Gasteiger partial charge in [0.2, 0.25) is 5.91 Å². The standard InChI is InChI=1S/C23H33N3O4/c1-22(2,20(28)30-5)15-25-12-10-16(11-13-25)14-24-21(29)26-18-9-7-6-8-17(18)23(3,4)19(26)27/h6-9,16H,10-15H2,1-5H3,(H,24,29). The number of rotatable bonds is 5. The molecule has 3 rings (SSSR count). The first-order valence-electron chi connectivity index (χ1n) is 10.6. The Bertz CT molecular complexity index is 825. The highest BCUT2D eigenvalue weighted by atomic mass is 16.5. The van der Waals surface area contributed by atoms with Crippen molar-refractivity contribution in [3.8, 4) is 0 Å². The van der Waals surface area contributed by atoms with Crippen LogP contribution < -0.4 is 10.2 Å². The minimum absolute atomic E-state index is 0.193. The van der Waals surface area contributed by atoms with Gasteiger partial charge in [0, 0.05) is 13.1 Å². The van der Waals surface area contributed by atoms with Gasteiger partial charge >= 0.3 is 12.0 Å². The van der Waals surface area contributed by atoms with Gasteiger partial charge in [-0.15, -0.1) is 0 Å². The average molecular weight is 416 g/mol. The van der Waals surface area contributed by atoms with Crippen LogP contribution in [0.15, 0.2) is 24.3 Å². The second-order valence-electron chi connectivity index (χ2n) is 9.56. The van der Waals surface area contributed by atoms with Crippen LogP contribution in [0.1, 0.15) is 46.1 Å². The molecule has 164 valence electrons. The van der Waals surface area contributed by atoms with Crippen molar-refractivity contribution in [1.29, 1.82) is 0 Å². The molecule has 2 aliphatic heterocycles. The van der Waals surface area contributed by atoms with Crippen molar-refractivity contribution in [1.82, 2.24) is 10.2 Å². The number of hydrogen-bond acceptors (Lipinski definition) is 5. The zero-order valence-corrected chi connectivity index (χ0v) is 18.7. The molecule has 0 aliphatic carbocycles. The van der Waals surface area contributed by atoms with E-state index in [4.69, 9.17) is 4.74 Å². The van der Waals surface area contributed by atoms with Crippen LogP contribution in [0.25, 0.3) is 0 Å². The van der Waals surface area contributed by atoms with Gasteiger partial charge in [-0.2, -0.15) is 0 Å². The first-order valence-corrected chi connectivity index (χ1v) is 10.6. The van der Waals surface area contributed by atoms with Gasteiger partial charge in [0.15, 0.2) is 0 Å². The lowest BCUT2D eigenvalue weighted by atomic mass is 9.86. The molecule has 2 heterocycles. The highest BCUT2D eigenvalue weighted by molar-refractivity contribution is 6.22. The Morgan fingerprint density at radius 2 is 1.83 bits per heavy atom. The molecule has 1 N–H and O–H groups in total. The van der Waals surface area contributed by atoms with Crippen molar-refractivity contribution in [3.63, 3.8) is 0 Å². The number of benzene rings is 1. The minimum Gasteiger partial charge on any atom is -0.469 e. The quantitative estimate of drug-likeness (QED) is 0.748. The maximum absolute atomic E-state index is 12.9. The van der Waals surface area contributed by atoms with E-state index in [1.807, 2.05) is 52.0 Å². The fourth-order valence-corrected chi connectivity index (χ4v) is 4.46. The second kappa shape index (κ2) is 8.38. The molecule has 0 saturated carbocycles. The van der Waals surface area contributed by atoms with Crippen molar-refractivity contribution >= 4 is 23.6 Å². The van der Waals surface area contributed by atoms with E-state index in [1.54, 1.807) is 0 Å². The molecule has 0 unspecified atom stereocenters. The molecule has 3 amide bonds. The van der Waals surface area contributed by atoms with Crippen molar-refractivity contribution in [2.75, 3.05) is 38.2 Å². The molecular weight excluding hydrogens is 382 g/mol. The second-order valence-corrected chi connectivity index (χ2v) is 9.56. The third-order valence-corrected chi connectivity index (χ3v) is 6.37. The number of piperidine rings is 1. The smallest absolute Gasteiger partial charge is 0.328 e. The molecule has 0 radical (unpaired) electrons. The number of imide groups is 1. The van der Waals surface area contributed by atoms with Gasteiger partial charge in [-0.1, -0.05) is 18.2 Å². The summed E-state index contributed by atoms with van der Waals surface area (Å²) in [5.74, 6) is -0.0381. The summed E-state index contributed by atoms with van der Waals surface area (Å²) in [6.07, 6.45) is 1.88. The summed E-state index contributed by atoms with van der Waals surface area (Å²) >= 11 is 0. The van der Waals surface area contributed by atoms with Gasteiger partial charge in [-0.25, -0.2) is 9.69 Å². The SMILES string of the molecule is COC(=O)C(C)(C)CN1CCC(CNC(=O)N2C(=O)C(C)(C)c3ccccc32)CC1. The molecule has 0 bridgehead atoms. The molecule has 30 heavy (non-hydrogen) atoms. The van der Waals surface area contributed by atoms with E-state index in [0.29, 0.717) is 24.7 Å². The Morgan fingerprint density at radius 3 is 2.47 bits per heavy atom. The molecule has 1 aromatic rings. The summed E-state index contributed by atoms with van der Waals surface area (Å²) < 4.78 is 4.89. The maximum Gasteiger partial charge on any atom is 0.328 e. The normalized spacial score (nSPS) is 19.5. The molecule has 0 spiro atoms. The van der Waals surface area contributed by atoms with E-state index in [9.17, 15) is 14.4 Å². The average Bonchev–Trinajstić information content (AvgIpc) is 2.92. The van der Waals surface area contributed by atoms with Crippen LogP contribution in [0.5, 0.6) is 0 Å². The molecule has 1 saturated heterocycles. The molecule has 1 aromatic carbocycles. The van der Waals surface area contributed by atoms with Crippen LogP contribution in [0.3, 0.4) is 0 Å². The van der Waals surface area contributed by atoms with Gasteiger partial charge < -0.3 is 15.0 Å². The maximum atomic E-state index is 12.9. The Kier molecular flexibility index (Phi) is 6.22. The summed E-state index contributed by atoms with van der Waals surface area (Å²) in [4.78, 5) is 41.2. The van der Waals surface area contributed by atoms with E-state index in [0.717, 1.165) is 31.5 Å². The van der Waals surface area contributed by atoms with Crippen molar-refractivity contribution < 1.29 is 19.1 Å². The lowest BCUT2D eigenvalue weighted by Gasteiger charge is -2.36. The van der Waals surface area contributed by atoms with Gasteiger partial charge in [0.1, 0.15) is 0 Å². The number of ether oxygens (including phenoxy) is 1. The first kappa shape index (κ1) is 22.3. The lowest BCUT2D eigenvalue weighted by Crippen LogP contribution is -2.48. The summed E-state index contributed by atoms with van der Waals surface area (Å²) in [7, 11) is 1.42. The van der Waals surface area contributed by atoms with Crippen LogP contribution >= 0.6 is 0 Å². The number of anilines is 1. The molecule has 0 aromatic heterocycles. The highest BCUT2D eigenvalue weighted by Gasteiger charge is 2.46.